The summed E-state index contributed by atoms with van der Waals surface area (Å²) in [6.07, 6.45) is -4.43. The fourth-order valence-electron chi connectivity index (χ4n) is 2.35. The van der Waals surface area contributed by atoms with Crippen molar-refractivity contribution in [1.29, 1.82) is 0 Å². The molecule has 1 aromatic carbocycles. The summed E-state index contributed by atoms with van der Waals surface area (Å²) in [6, 6.07) is 7.50. The first kappa shape index (κ1) is 24.6. The molecule has 0 aliphatic rings. The SMILES string of the molecule is CCNC(=NCC(=O)N(C)CC(F)(F)F)NC(C)c1ccc(OCC(C)C)cc1. The first-order valence-electron chi connectivity index (χ1n) is 9.60. The molecule has 1 aromatic rings. The Morgan fingerprint density at radius 3 is 2.34 bits per heavy atom. The van der Waals surface area contributed by atoms with Gasteiger partial charge in [-0.05, 0) is 37.5 Å². The number of hydrogen-bond donors (Lipinski definition) is 2. The number of carbonyl (C=O) groups is 1. The maximum atomic E-state index is 12.4. The van der Waals surface area contributed by atoms with Crippen LogP contribution < -0.4 is 15.4 Å². The van der Waals surface area contributed by atoms with E-state index in [2.05, 4.69) is 29.5 Å². The van der Waals surface area contributed by atoms with Crippen LogP contribution in [0.2, 0.25) is 0 Å². The van der Waals surface area contributed by atoms with Gasteiger partial charge in [0.05, 0.1) is 12.6 Å². The molecule has 9 heteroatoms. The van der Waals surface area contributed by atoms with Gasteiger partial charge < -0.3 is 20.3 Å². The number of rotatable bonds is 9. The van der Waals surface area contributed by atoms with E-state index < -0.39 is 18.6 Å². The van der Waals surface area contributed by atoms with Gasteiger partial charge in [0.15, 0.2) is 5.96 Å². The Kier molecular flexibility index (Phi) is 9.77. The molecule has 0 aromatic heterocycles. The van der Waals surface area contributed by atoms with Crippen LogP contribution in [0, 0.1) is 5.92 Å². The number of nitrogens with zero attached hydrogens (tertiary/aromatic N) is 2. The number of carbonyl (C=O) groups excluding carboxylic acids is 1. The van der Waals surface area contributed by atoms with Gasteiger partial charge in [0.2, 0.25) is 5.91 Å². The summed E-state index contributed by atoms with van der Waals surface area (Å²) >= 11 is 0. The van der Waals surface area contributed by atoms with Crippen molar-refractivity contribution in [2.24, 2.45) is 10.9 Å². The van der Waals surface area contributed by atoms with Gasteiger partial charge in [0.1, 0.15) is 18.8 Å². The highest BCUT2D eigenvalue weighted by atomic mass is 19.4. The van der Waals surface area contributed by atoms with Gasteiger partial charge in [-0.2, -0.15) is 13.2 Å². The molecule has 0 bridgehead atoms. The van der Waals surface area contributed by atoms with Crippen LogP contribution in [0.5, 0.6) is 5.75 Å². The second-order valence-corrected chi connectivity index (χ2v) is 7.20. The van der Waals surface area contributed by atoms with E-state index in [0.29, 0.717) is 29.9 Å². The summed E-state index contributed by atoms with van der Waals surface area (Å²) in [5.41, 5.74) is 0.980. The van der Waals surface area contributed by atoms with Crippen LogP contribution in [0.1, 0.15) is 39.3 Å². The molecule has 6 nitrogen and oxygen atoms in total. The van der Waals surface area contributed by atoms with Crippen LogP contribution in [-0.2, 0) is 4.79 Å². The van der Waals surface area contributed by atoms with Crippen molar-refractivity contribution in [3.63, 3.8) is 0 Å². The third kappa shape index (κ3) is 10.0. The molecule has 1 unspecified atom stereocenters. The molecule has 0 saturated heterocycles. The third-order valence-electron chi connectivity index (χ3n) is 3.88. The molecule has 1 amide bonds. The molecule has 0 aliphatic heterocycles. The zero-order valence-corrected chi connectivity index (χ0v) is 17.6. The number of halogens is 3. The predicted molar refractivity (Wildman–Crippen MR) is 108 cm³/mol. The van der Waals surface area contributed by atoms with Crippen LogP contribution in [0.15, 0.2) is 29.3 Å². The average Bonchev–Trinajstić information content (AvgIpc) is 2.63. The van der Waals surface area contributed by atoms with Crippen LogP contribution >= 0.6 is 0 Å². The lowest BCUT2D eigenvalue weighted by Gasteiger charge is -2.20. The first-order valence-corrected chi connectivity index (χ1v) is 9.60. The van der Waals surface area contributed by atoms with E-state index in [9.17, 15) is 18.0 Å². The molecular weight excluding hydrogens is 385 g/mol. The molecule has 29 heavy (non-hydrogen) atoms. The number of alkyl halides is 3. The number of likely N-dealkylation sites (N-methyl/N-ethyl adjacent to an activating group) is 1. The molecule has 0 radical (unpaired) electrons. The number of aliphatic imine (C=N–C) groups is 1. The minimum absolute atomic E-state index is 0.130. The van der Waals surface area contributed by atoms with Crippen LogP contribution in [0.25, 0.3) is 0 Å². The fourth-order valence-corrected chi connectivity index (χ4v) is 2.35. The standard InChI is InChI=1S/C20H31F3N4O2/c1-6-24-19(25-11-18(28)27(5)13-20(21,22)23)26-15(4)16-7-9-17(10-8-16)29-12-14(2)3/h7-10,14-15H,6,11-13H2,1-5H3,(H2,24,25,26). The summed E-state index contributed by atoms with van der Waals surface area (Å²) in [4.78, 5) is 16.6. The first-order chi connectivity index (χ1) is 13.5. The smallest absolute Gasteiger partial charge is 0.406 e. The normalized spacial score (nSPS) is 13.2. The third-order valence-corrected chi connectivity index (χ3v) is 3.88. The zero-order valence-electron chi connectivity index (χ0n) is 17.6. The van der Waals surface area contributed by atoms with Gasteiger partial charge in [-0.1, -0.05) is 26.0 Å². The molecule has 2 N–H and O–H groups in total. The maximum Gasteiger partial charge on any atom is 0.406 e. The molecular formula is C20H31F3N4O2. The Balaban J connectivity index is 2.69. The lowest BCUT2D eigenvalue weighted by Crippen LogP contribution is -2.41. The van der Waals surface area contributed by atoms with Crippen molar-refractivity contribution in [1.82, 2.24) is 15.5 Å². The Hall–Kier alpha value is -2.45. The molecule has 164 valence electrons. The molecule has 1 rings (SSSR count). The summed E-state index contributed by atoms with van der Waals surface area (Å²) in [7, 11) is 1.11. The zero-order chi connectivity index (χ0) is 22.0. The van der Waals surface area contributed by atoms with Crippen molar-refractivity contribution < 1.29 is 22.7 Å². The maximum absolute atomic E-state index is 12.4. The fraction of sp³-hybridized carbons (Fsp3) is 0.600. The largest absolute Gasteiger partial charge is 0.493 e. The molecule has 0 heterocycles. The van der Waals surface area contributed by atoms with Crippen molar-refractivity contribution in [3.05, 3.63) is 29.8 Å². The summed E-state index contributed by atoms with van der Waals surface area (Å²) < 4.78 is 42.9. The van der Waals surface area contributed by atoms with Crippen LogP contribution in [-0.4, -0.2) is 56.2 Å². The molecule has 0 saturated carbocycles. The lowest BCUT2D eigenvalue weighted by atomic mass is 10.1. The number of guanidine groups is 1. The topological polar surface area (TPSA) is 66.0 Å². The number of hydrogen-bond acceptors (Lipinski definition) is 3. The second kappa shape index (κ2) is 11.5. The van der Waals surface area contributed by atoms with E-state index >= 15 is 0 Å². The molecule has 0 spiro atoms. The van der Waals surface area contributed by atoms with Gasteiger partial charge >= 0.3 is 6.18 Å². The van der Waals surface area contributed by atoms with Crippen molar-refractivity contribution in [3.8, 4) is 5.75 Å². The van der Waals surface area contributed by atoms with Gasteiger partial charge in [-0.3, -0.25) is 4.79 Å². The van der Waals surface area contributed by atoms with Crippen molar-refractivity contribution in [2.45, 2.75) is 39.9 Å². The van der Waals surface area contributed by atoms with Crippen LogP contribution in [0.3, 0.4) is 0 Å². The number of amides is 1. The number of ether oxygens (including phenoxy) is 1. The van der Waals surface area contributed by atoms with Gasteiger partial charge in [0, 0.05) is 13.6 Å². The highest BCUT2D eigenvalue weighted by molar-refractivity contribution is 5.85. The van der Waals surface area contributed by atoms with Gasteiger partial charge in [-0.25, -0.2) is 4.99 Å². The van der Waals surface area contributed by atoms with E-state index in [1.165, 1.54) is 0 Å². The van der Waals surface area contributed by atoms with Gasteiger partial charge in [0.25, 0.3) is 0 Å². The Morgan fingerprint density at radius 1 is 1.21 bits per heavy atom. The Bertz CT molecular complexity index is 661. The summed E-state index contributed by atoms with van der Waals surface area (Å²) in [5, 5.41) is 6.14. The average molecular weight is 416 g/mol. The quantitative estimate of drug-likeness (QED) is 0.479. The highest BCUT2D eigenvalue weighted by Gasteiger charge is 2.31. The second-order valence-electron chi connectivity index (χ2n) is 7.20. The lowest BCUT2D eigenvalue weighted by molar-refractivity contribution is -0.157. The predicted octanol–water partition coefficient (Wildman–Crippen LogP) is 3.36. The molecule has 0 fully saturated rings. The van der Waals surface area contributed by atoms with Gasteiger partial charge in [-0.15, -0.1) is 0 Å². The minimum Gasteiger partial charge on any atom is -0.493 e. The Labute approximate surface area is 170 Å². The van der Waals surface area contributed by atoms with Crippen molar-refractivity contribution >= 4 is 11.9 Å². The van der Waals surface area contributed by atoms with E-state index in [1.807, 2.05) is 38.1 Å². The summed E-state index contributed by atoms with van der Waals surface area (Å²) in [5.74, 6) is 0.869. The minimum atomic E-state index is -4.43. The van der Waals surface area contributed by atoms with E-state index in [1.54, 1.807) is 0 Å². The monoisotopic (exact) mass is 416 g/mol. The Morgan fingerprint density at radius 2 is 1.83 bits per heavy atom. The molecule has 0 aliphatic carbocycles. The molecule has 1 atom stereocenters. The highest BCUT2D eigenvalue weighted by Crippen LogP contribution is 2.18. The van der Waals surface area contributed by atoms with E-state index in [-0.39, 0.29) is 12.6 Å². The van der Waals surface area contributed by atoms with Crippen LogP contribution in [0.4, 0.5) is 13.2 Å². The van der Waals surface area contributed by atoms with E-state index in [4.69, 9.17) is 4.74 Å². The summed E-state index contributed by atoms with van der Waals surface area (Å²) in [6.45, 7) is 7.45. The van der Waals surface area contributed by atoms with E-state index in [0.717, 1.165) is 18.4 Å². The number of nitrogens with one attached hydrogen (secondary N) is 2. The number of benzene rings is 1. The van der Waals surface area contributed by atoms with Crippen molar-refractivity contribution in [2.75, 3.05) is 33.3 Å².